The topological polar surface area (TPSA) is 197 Å². The minimum atomic E-state index is -4.94. The van der Waals surface area contributed by atoms with Gasteiger partial charge in [-0.05, 0) is 113 Å². The Morgan fingerprint density at radius 2 is 0.808 bits per heavy atom. The first kappa shape index (κ1) is 57.9. The Labute approximate surface area is 479 Å². The van der Waals surface area contributed by atoms with Crippen LogP contribution in [0.25, 0.3) is 0 Å². The molecule has 0 bridgehead atoms. The van der Waals surface area contributed by atoms with Crippen molar-refractivity contribution in [1.82, 2.24) is 0 Å². The summed E-state index contributed by atoms with van der Waals surface area (Å²) in [4.78, 5) is 4.94. The van der Waals surface area contributed by atoms with E-state index in [9.17, 15) is 0 Å². The van der Waals surface area contributed by atoms with Gasteiger partial charge < -0.3 is 9.80 Å². The molecule has 11 rings (SSSR count). The van der Waals surface area contributed by atoms with Crippen LogP contribution in [0.5, 0.6) is 0 Å². The molecule has 16 heteroatoms. The third-order valence-corrected chi connectivity index (χ3v) is 18.1. The van der Waals surface area contributed by atoms with Crippen LogP contribution < -0.4 is 47.1 Å². The van der Waals surface area contributed by atoms with E-state index in [0.29, 0.717) is 0 Å². The molecule has 2 saturated carbocycles. The van der Waals surface area contributed by atoms with Crippen LogP contribution in [0, 0.1) is 20.5 Å². The lowest BCUT2D eigenvalue weighted by molar-refractivity contribution is -2.00. The van der Waals surface area contributed by atoms with Crippen molar-refractivity contribution in [2.45, 2.75) is 127 Å². The third kappa shape index (κ3) is 11.7. The van der Waals surface area contributed by atoms with Crippen molar-refractivity contribution in [2.24, 2.45) is 0 Å². The molecular weight excluding hydrogens is 1160 g/mol. The number of hydrogen-bond acceptors (Lipinski definition) is 10. The van der Waals surface area contributed by atoms with Gasteiger partial charge in [0.15, 0.2) is 24.5 Å². The molecule has 0 radical (unpaired) electrons. The fraction of sp³-hybridized carbons (Fsp3) is 0.355. The highest BCUT2D eigenvalue weighted by molar-refractivity contribution is 9.10. The van der Waals surface area contributed by atoms with Crippen LogP contribution in [0.1, 0.15) is 125 Å². The van der Waals surface area contributed by atoms with Crippen molar-refractivity contribution in [3.8, 4) is 0 Å². The zero-order valence-corrected chi connectivity index (χ0v) is 49.6. The van der Waals surface area contributed by atoms with Crippen LogP contribution in [0.15, 0.2) is 166 Å². The highest BCUT2D eigenvalue weighted by Crippen LogP contribution is 2.56. The van der Waals surface area contributed by atoms with Crippen molar-refractivity contribution in [1.29, 1.82) is 0 Å². The molecule has 0 amide bonds. The first-order valence-corrected chi connectivity index (χ1v) is 30.5. The summed E-state index contributed by atoms with van der Waals surface area (Å²) in [6, 6.07) is 41.3. The lowest BCUT2D eigenvalue weighted by atomic mass is 9.68. The Balaban J connectivity index is 0.000000680. The average molecular weight is 1230 g/mol. The Morgan fingerprint density at radius 1 is 0.474 bits per heavy atom. The van der Waals surface area contributed by atoms with Gasteiger partial charge in [0.2, 0.25) is 11.4 Å². The number of rotatable bonds is 8. The molecule has 5 aromatic carbocycles. The van der Waals surface area contributed by atoms with Crippen LogP contribution in [0.4, 0.5) is 22.7 Å². The number of nitrogens with zero attached hydrogens (tertiary/aromatic N) is 4. The summed E-state index contributed by atoms with van der Waals surface area (Å²) in [6.07, 6.45) is 27.1. The fourth-order valence-electron chi connectivity index (χ4n) is 13.6. The minimum Gasteiger partial charge on any atom is -0.347 e. The zero-order chi connectivity index (χ0) is 56.0. The predicted octanol–water partition coefficient (Wildman–Crippen LogP) is 6.44. The molecule has 2 spiro atoms. The smallest absolute Gasteiger partial charge is 0.210 e. The van der Waals surface area contributed by atoms with E-state index in [1.807, 2.05) is 0 Å². The van der Waals surface area contributed by atoms with Gasteiger partial charge in [0, 0.05) is 103 Å². The molecule has 0 saturated heterocycles. The summed E-state index contributed by atoms with van der Waals surface area (Å²) < 4.78 is 75.3. The number of allylic oxidation sites excluding steroid dienone is 8. The number of halogens is 4. The third-order valence-electron chi connectivity index (χ3n) is 17.1. The van der Waals surface area contributed by atoms with Gasteiger partial charge in [0.1, 0.15) is 0 Å². The molecule has 0 aromatic heterocycles. The van der Waals surface area contributed by atoms with E-state index in [2.05, 4.69) is 238 Å². The van der Waals surface area contributed by atoms with Crippen LogP contribution in [0.3, 0.4) is 0 Å². The van der Waals surface area contributed by atoms with Gasteiger partial charge in [0.25, 0.3) is 0 Å². The lowest BCUT2D eigenvalue weighted by Gasteiger charge is -2.36. The van der Waals surface area contributed by atoms with Crippen molar-refractivity contribution < 1.29 is 66.9 Å². The van der Waals surface area contributed by atoms with Crippen molar-refractivity contribution >= 4 is 66.0 Å². The Bertz CT molecular complexity index is 3040. The van der Waals surface area contributed by atoms with Crippen molar-refractivity contribution in [2.75, 3.05) is 23.9 Å². The normalized spacial score (nSPS) is 20.6. The molecule has 12 nitrogen and oxygen atoms in total. The van der Waals surface area contributed by atoms with Gasteiger partial charge >= 0.3 is 0 Å². The van der Waals surface area contributed by atoms with Crippen LogP contribution in [-0.4, -0.2) is 34.7 Å². The van der Waals surface area contributed by atoms with E-state index in [0.717, 1.165) is 22.0 Å². The van der Waals surface area contributed by atoms with E-state index in [1.165, 1.54) is 143 Å². The summed E-state index contributed by atoms with van der Waals surface area (Å²) in [5, 5.41) is 0. The average Bonchev–Trinajstić information content (AvgIpc) is 4.12. The Hall–Kier alpha value is -4.78. The summed E-state index contributed by atoms with van der Waals surface area (Å²) in [7, 11) is -5.34. The number of benzene rings is 5. The minimum absolute atomic E-state index is 0.104. The summed E-state index contributed by atoms with van der Waals surface area (Å²) >= 11 is 7.65. The van der Waals surface area contributed by atoms with Crippen molar-refractivity contribution in [3.63, 3.8) is 0 Å². The lowest BCUT2D eigenvalue weighted by Crippen LogP contribution is -2.68. The molecular formula is C62H66Br2Cl2N4O8. The second-order valence-corrected chi connectivity index (χ2v) is 25.7. The second kappa shape index (κ2) is 22.6. The summed E-state index contributed by atoms with van der Waals surface area (Å²) in [6.45, 7) is 11.2. The molecule has 6 aliphatic rings. The predicted molar refractivity (Wildman–Crippen MR) is 292 cm³/mol. The SMILES string of the molecule is CN1/C(=C/C=C/C2=[N+](Cc3ccc(C[N+]4=C(/C=C/C=C5/N(C)c6ccccc6C56CCCCC6)C(C)(C)c5cc(Br)ccc54)cc3)c3ccc(Br)cc3C2(C)C)C2(CCCCC2)c2ccccc21.[O-][Cl+3]([O-])([O-])[O-].[O-][Cl+3]([O-])([O-])[O-]. The number of hydrogen-bond donors (Lipinski definition) is 0. The van der Waals surface area contributed by atoms with Gasteiger partial charge in [-0.1, -0.05) is 143 Å². The van der Waals surface area contributed by atoms with E-state index >= 15 is 0 Å². The van der Waals surface area contributed by atoms with Gasteiger partial charge in [-0.15, -0.1) is 20.5 Å². The van der Waals surface area contributed by atoms with Crippen molar-refractivity contribution in [3.05, 3.63) is 199 Å². The molecule has 0 N–H and O–H groups in total. The maximum atomic E-state index is 8.49. The number of para-hydroxylation sites is 2. The highest BCUT2D eigenvalue weighted by atomic mass is 79.9. The van der Waals surface area contributed by atoms with E-state index in [-0.39, 0.29) is 21.7 Å². The quantitative estimate of drug-likeness (QED) is 0.156. The van der Waals surface area contributed by atoms with Crippen LogP contribution in [0.2, 0.25) is 0 Å². The van der Waals surface area contributed by atoms with Crippen LogP contribution in [-0.2, 0) is 34.7 Å². The standard InChI is InChI=1S/C62H66Br2N4.2ClHO4/c1-59(2)49-39-45(63)31-33-53(49)67(55(59)23-17-25-57-61(35-13-7-14-36-61)47-19-9-11-21-51(47)65(57)5)41-43-27-29-44(30-28-43)42-68-54-34-32-46(64)40-50(54)60(3,4)56(68)24-18-26-58-62(37-15-8-16-38-62)48-20-10-12-22-52(48)66(58)6;2*2-1(3,4)5/h9-12,17-34,39-40H,7-8,13-16,35-38,41-42H2,1-6H3;2*(H,2,3,4,5)/q+2;;/p-2. The number of fused-ring (bicyclic) bond motifs is 6. The maximum Gasteiger partial charge on any atom is 0.210 e. The van der Waals surface area contributed by atoms with Gasteiger partial charge in [-0.2, -0.15) is 9.15 Å². The fourth-order valence-corrected chi connectivity index (χ4v) is 14.4. The molecule has 2 aliphatic carbocycles. The van der Waals surface area contributed by atoms with E-state index in [4.69, 9.17) is 37.3 Å². The van der Waals surface area contributed by atoms with Crippen LogP contribution >= 0.6 is 31.9 Å². The summed E-state index contributed by atoms with van der Waals surface area (Å²) in [5.74, 6) is 0. The number of likely N-dealkylation sites (N-methyl/N-ethyl adjacent to an activating group) is 2. The zero-order valence-electron chi connectivity index (χ0n) is 44.9. The Morgan fingerprint density at radius 3 is 1.15 bits per heavy atom. The maximum absolute atomic E-state index is 8.49. The van der Waals surface area contributed by atoms with Gasteiger partial charge in [-0.3, -0.25) is 0 Å². The highest BCUT2D eigenvalue weighted by Gasteiger charge is 2.49. The molecule has 2 fully saturated rings. The van der Waals surface area contributed by atoms with Gasteiger partial charge in [0.05, 0.1) is 10.8 Å². The molecule has 0 unspecified atom stereocenters. The molecule has 4 aliphatic heterocycles. The van der Waals surface area contributed by atoms with E-state index in [1.54, 1.807) is 0 Å². The monoisotopic (exact) mass is 1220 g/mol. The second-order valence-electron chi connectivity index (χ2n) is 22.3. The molecule has 0 atom stereocenters. The largest absolute Gasteiger partial charge is 0.347 e. The first-order valence-electron chi connectivity index (χ1n) is 26.5. The molecule has 4 heterocycles. The summed E-state index contributed by atoms with van der Waals surface area (Å²) in [5.41, 5.74) is 19.1. The molecule has 5 aromatic rings. The molecule has 410 valence electrons. The Kier molecular flexibility index (Phi) is 16.8. The van der Waals surface area contributed by atoms with E-state index < -0.39 is 20.5 Å². The first-order chi connectivity index (χ1) is 36.8. The molecule has 78 heavy (non-hydrogen) atoms. The van der Waals surface area contributed by atoms with Gasteiger partial charge in [-0.25, -0.2) is 37.3 Å². The number of anilines is 2.